The summed E-state index contributed by atoms with van der Waals surface area (Å²) in [5.41, 5.74) is 5.10. The fraction of sp³-hybridized carbons (Fsp3) is 0.286. The molecule has 0 saturated carbocycles. The molecular formula is C21H21IN2O4S. The van der Waals surface area contributed by atoms with E-state index in [2.05, 4.69) is 52.3 Å². The van der Waals surface area contributed by atoms with Crippen LogP contribution in [0.15, 0.2) is 29.2 Å². The molecule has 152 valence electrons. The predicted molar refractivity (Wildman–Crippen MR) is 122 cm³/mol. The van der Waals surface area contributed by atoms with Crippen LogP contribution in [0.1, 0.15) is 29.4 Å². The number of imide groups is 1. The van der Waals surface area contributed by atoms with E-state index in [0.29, 0.717) is 4.91 Å². The lowest BCUT2D eigenvalue weighted by atomic mass is 10.2. The fourth-order valence-corrected chi connectivity index (χ4v) is 4.38. The Morgan fingerprint density at radius 3 is 2.59 bits per heavy atom. The predicted octanol–water partition coefficient (Wildman–Crippen LogP) is 4.61. The van der Waals surface area contributed by atoms with Gasteiger partial charge in [-0.1, -0.05) is 0 Å². The fourth-order valence-electron chi connectivity index (χ4n) is 3.21. The number of halogens is 1. The van der Waals surface area contributed by atoms with E-state index >= 15 is 0 Å². The molecule has 1 aliphatic heterocycles. The highest BCUT2D eigenvalue weighted by Gasteiger charge is 2.36. The van der Waals surface area contributed by atoms with Crippen LogP contribution >= 0.6 is 34.4 Å². The van der Waals surface area contributed by atoms with Gasteiger partial charge in [-0.25, -0.2) is 0 Å². The molecular weight excluding hydrogens is 503 g/mol. The van der Waals surface area contributed by atoms with E-state index in [0.717, 1.165) is 39.3 Å². The van der Waals surface area contributed by atoms with Crippen molar-refractivity contribution in [1.29, 1.82) is 0 Å². The van der Waals surface area contributed by atoms with Crippen LogP contribution in [-0.4, -0.2) is 39.7 Å². The molecule has 0 bridgehead atoms. The molecule has 0 atom stereocenters. The summed E-state index contributed by atoms with van der Waals surface area (Å²) in [6.07, 6.45) is 1.72. The highest BCUT2D eigenvalue weighted by molar-refractivity contribution is 14.1. The number of aromatic nitrogens is 1. The van der Waals surface area contributed by atoms with Crippen LogP contribution in [0.4, 0.5) is 4.79 Å². The smallest absolute Gasteiger partial charge is 0.326 e. The number of aryl methyl sites for hydroxylation is 2. The first-order valence-corrected chi connectivity index (χ1v) is 11.0. The number of carbonyl (C=O) groups is 3. The van der Waals surface area contributed by atoms with Gasteiger partial charge in [-0.05, 0) is 104 Å². The van der Waals surface area contributed by atoms with Crippen LogP contribution < -0.4 is 0 Å². The van der Waals surface area contributed by atoms with Gasteiger partial charge in [-0.15, -0.1) is 0 Å². The first-order valence-electron chi connectivity index (χ1n) is 9.09. The normalized spacial score (nSPS) is 15.5. The Bertz CT molecular complexity index is 1040. The van der Waals surface area contributed by atoms with Crippen LogP contribution in [-0.2, 0) is 14.3 Å². The van der Waals surface area contributed by atoms with Crippen molar-refractivity contribution in [3.63, 3.8) is 0 Å². The van der Waals surface area contributed by atoms with E-state index < -0.39 is 17.1 Å². The van der Waals surface area contributed by atoms with Gasteiger partial charge in [0.05, 0.1) is 11.5 Å². The standard InChI is InChI=1S/C21H21IN2O4S/c1-5-28-19(25)11-23-20(26)18(29-21(23)27)10-15-9-13(3)24(14(15)4)16-6-7-17(22)12(2)8-16/h6-10H,5,11H2,1-4H3/b18-10-. The monoisotopic (exact) mass is 524 g/mol. The Hall–Kier alpha value is -2.07. The van der Waals surface area contributed by atoms with E-state index in [1.165, 1.54) is 9.13 Å². The van der Waals surface area contributed by atoms with Crippen molar-refractivity contribution in [2.45, 2.75) is 27.7 Å². The third-order valence-corrected chi connectivity index (χ3v) is 6.74. The van der Waals surface area contributed by atoms with E-state index in [9.17, 15) is 14.4 Å². The molecule has 0 radical (unpaired) electrons. The quantitative estimate of drug-likeness (QED) is 0.325. The van der Waals surface area contributed by atoms with Crippen molar-refractivity contribution in [1.82, 2.24) is 9.47 Å². The number of thioether (sulfide) groups is 1. The third-order valence-electron chi connectivity index (χ3n) is 4.62. The maximum absolute atomic E-state index is 12.6. The zero-order chi connectivity index (χ0) is 21.3. The molecule has 1 fully saturated rings. The van der Waals surface area contributed by atoms with Crippen LogP contribution in [0.3, 0.4) is 0 Å². The molecule has 3 rings (SSSR count). The Kier molecular flexibility index (Phi) is 6.52. The lowest BCUT2D eigenvalue weighted by molar-refractivity contribution is -0.145. The second kappa shape index (κ2) is 8.74. The van der Waals surface area contributed by atoms with Crippen LogP contribution in [0.2, 0.25) is 0 Å². The summed E-state index contributed by atoms with van der Waals surface area (Å²) in [4.78, 5) is 37.7. The van der Waals surface area contributed by atoms with Crippen molar-refractivity contribution >= 4 is 57.5 Å². The summed E-state index contributed by atoms with van der Waals surface area (Å²) >= 11 is 3.15. The Morgan fingerprint density at radius 2 is 1.93 bits per heavy atom. The summed E-state index contributed by atoms with van der Waals surface area (Å²) in [5, 5.41) is -0.462. The molecule has 1 aromatic heterocycles. The van der Waals surface area contributed by atoms with Crippen LogP contribution in [0.5, 0.6) is 0 Å². The molecule has 2 aromatic rings. The van der Waals surface area contributed by atoms with Crippen molar-refractivity contribution in [2.24, 2.45) is 0 Å². The second-order valence-electron chi connectivity index (χ2n) is 6.67. The van der Waals surface area contributed by atoms with Gasteiger partial charge in [-0.3, -0.25) is 19.3 Å². The number of carbonyl (C=O) groups excluding carboxylic acids is 3. The molecule has 2 amide bonds. The Labute approximate surface area is 187 Å². The minimum atomic E-state index is -0.594. The molecule has 2 heterocycles. The molecule has 8 heteroatoms. The summed E-state index contributed by atoms with van der Waals surface area (Å²) in [7, 11) is 0. The topological polar surface area (TPSA) is 68.6 Å². The van der Waals surface area contributed by atoms with E-state index in [-0.39, 0.29) is 13.2 Å². The first kappa shape index (κ1) is 21.6. The van der Waals surface area contributed by atoms with Gasteiger partial charge in [0.2, 0.25) is 0 Å². The highest BCUT2D eigenvalue weighted by atomic mass is 127. The van der Waals surface area contributed by atoms with Gasteiger partial charge in [0, 0.05) is 20.6 Å². The third kappa shape index (κ3) is 4.42. The van der Waals surface area contributed by atoms with Gasteiger partial charge in [0.15, 0.2) is 0 Å². The van der Waals surface area contributed by atoms with Crippen LogP contribution in [0.25, 0.3) is 11.8 Å². The second-order valence-corrected chi connectivity index (χ2v) is 8.82. The number of hydrogen-bond acceptors (Lipinski definition) is 5. The zero-order valence-electron chi connectivity index (χ0n) is 16.6. The van der Waals surface area contributed by atoms with Gasteiger partial charge in [0.25, 0.3) is 11.1 Å². The summed E-state index contributed by atoms with van der Waals surface area (Å²) in [5.74, 6) is -1.06. The van der Waals surface area contributed by atoms with E-state index in [1.54, 1.807) is 13.0 Å². The largest absolute Gasteiger partial charge is 0.465 e. The number of esters is 1. The van der Waals surface area contributed by atoms with Crippen molar-refractivity contribution in [3.8, 4) is 5.69 Å². The summed E-state index contributed by atoms with van der Waals surface area (Å²) < 4.78 is 8.16. The van der Waals surface area contributed by atoms with Gasteiger partial charge in [0.1, 0.15) is 6.54 Å². The van der Waals surface area contributed by atoms with Gasteiger partial charge in [-0.2, -0.15) is 0 Å². The van der Waals surface area contributed by atoms with Crippen molar-refractivity contribution in [3.05, 3.63) is 55.3 Å². The van der Waals surface area contributed by atoms with Crippen LogP contribution in [0, 0.1) is 24.3 Å². The lowest BCUT2D eigenvalue weighted by Crippen LogP contribution is -2.34. The molecule has 29 heavy (non-hydrogen) atoms. The Morgan fingerprint density at radius 1 is 1.21 bits per heavy atom. The minimum absolute atomic E-state index is 0.203. The molecule has 0 N–H and O–H groups in total. The van der Waals surface area contributed by atoms with Crippen molar-refractivity contribution in [2.75, 3.05) is 13.2 Å². The molecule has 0 unspecified atom stereocenters. The Balaban J connectivity index is 1.91. The zero-order valence-corrected chi connectivity index (χ0v) is 19.6. The highest BCUT2D eigenvalue weighted by Crippen LogP contribution is 2.33. The average Bonchev–Trinajstić information content (AvgIpc) is 3.08. The maximum Gasteiger partial charge on any atom is 0.326 e. The number of benzene rings is 1. The van der Waals surface area contributed by atoms with Crippen molar-refractivity contribution < 1.29 is 19.1 Å². The minimum Gasteiger partial charge on any atom is -0.465 e. The molecule has 0 spiro atoms. The first-order chi connectivity index (χ1) is 13.7. The lowest BCUT2D eigenvalue weighted by Gasteiger charge is -2.11. The number of ether oxygens (including phenoxy) is 1. The van der Waals surface area contributed by atoms with Gasteiger partial charge >= 0.3 is 5.97 Å². The molecule has 1 saturated heterocycles. The van der Waals surface area contributed by atoms with E-state index in [4.69, 9.17) is 4.74 Å². The molecule has 1 aliphatic rings. The SMILES string of the molecule is CCOC(=O)CN1C(=O)S/C(=C\c2cc(C)n(-c3ccc(I)c(C)c3)c2C)C1=O. The molecule has 1 aromatic carbocycles. The number of hydrogen-bond donors (Lipinski definition) is 0. The summed E-state index contributed by atoms with van der Waals surface area (Å²) in [6, 6.07) is 8.25. The van der Waals surface area contributed by atoms with E-state index in [1.807, 2.05) is 19.9 Å². The average molecular weight is 524 g/mol. The molecule has 0 aliphatic carbocycles. The summed E-state index contributed by atoms with van der Waals surface area (Å²) in [6.45, 7) is 7.57. The number of nitrogens with zero attached hydrogens (tertiary/aromatic N) is 2. The van der Waals surface area contributed by atoms with Gasteiger partial charge < -0.3 is 9.30 Å². The number of rotatable bonds is 5. The maximum atomic E-state index is 12.6. The molecule has 6 nitrogen and oxygen atoms in total. The number of amides is 2.